The molecule has 3 aromatic rings. The summed E-state index contributed by atoms with van der Waals surface area (Å²) >= 11 is 1.54. The Morgan fingerprint density at radius 3 is 2.87 bits per heavy atom. The zero-order valence-corrected chi connectivity index (χ0v) is 18.1. The van der Waals surface area contributed by atoms with Crippen LogP contribution >= 0.6 is 11.3 Å². The molecular weight excluding hydrogens is 400 g/mol. The molecule has 2 aromatic carbocycles. The van der Waals surface area contributed by atoms with E-state index in [9.17, 15) is 4.79 Å². The van der Waals surface area contributed by atoms with Gasteiger partial charge in [-0.05, 0) is 56.2 Å². The van der Waals surface area contributed by atoms with Crippen LogP contribution in [0.2, 0.25) is 0 Å². The molecule has 1 aliphatic heterocycles. The van der Waals surface area contributed by atoms with Crippen LogP contribution in [0.1, 0.15) is 39.1 Å². The lowest BCUT2D eigenvalue weighted by Gasteiger charge is -2.20. The molecule has 30 heavy (non-hydrogen) atoms. The first-order chi connectivity index (χ1) is 14.5. The van der Waals surface area contributed by atoms with E-state index in [0.29, 0.717) is 36.8 Å². The molecule has 4 rings (SSSR count). The zero-order chi connectivity index (χ0) is 21.1. The van der Waals surface area contributed by atoms with Crippen LogP contribution in [0.25, 0.3) is 0 Å². The van der Waals surface area contributed by atoms with Crippen LogP contribution in [0.15, 0.2) is 41.8 Å². The van der Waals surface area contributed by atoms with Gasteiger partial charge in [0, 0.05) is 17.5 Å². The first-order valence-electron chi connectivity index (χ1n) is 9.86. The summed E-state index contributed by atoms with van der Waals surface area (Å²) in [6.07, 6.45) is 0. The lowest BCUT2D eigenvalue weighted by Crippen LogP contribution is -2.30. The first kappa shape index (κ1) is 20.2. The number of rotatable bonds is 7. The first-order valence-corrected chi connectivity index (χ1v) is 10.7. The Kier molecular flexibility index (Phi) is 5.90. The van der Waals surface area contributed by atoms with E-state index < -0.39 is 0 Å². The van der Waals surface area contributed by atoms with Crippen LogP contribution in [-0.4, -0.2) is 29.1 Å². The number of hydrogen-bond acceptors (Lipinski definition) is 6. The average molecular weight is 425 g/mol. The number of aromatic nitrogens is 1. The second-order valence-electron chi connectivity index (χ2n) is 7.11. The van der Waals surface area contributed by atoms with E-state index >= 15 is 0 Å². The molecule has 0 spiro atoms. The van der Waals surface area contributed by atoms with Crippen molar-refractivity contribution in [3.63, 3.8) is 0 Å². The van der Waals surface area contributed by atoms with Crippen molar-refractivity contribution in [3.8, 4) is 17.2 Å². The van der Waals surface area contributed by atoms with Gasteiger partial charge in [-0.25, -0.2) is 4.98 Å². The van der Waals surface area contributed by atoms with E-state index in [1.807, 2.05) is 24.4 Å². The van der Waals surface area contributed by atoms with Gasteiger partial charge >= 0.3 is 0 Å². The third-order valence-corrected chi connectivity index (χ3v) is 6.02. The number of carbonyl (C=O) groups is 1. The van der Waals surface area contributed by atoms with Crippen LogP contribution in [0, 0.1) is 13.8 Å². The molecule has 1 amide bonds. The van der Waals surface area contributed by atoms with E-state index in [4.69, 9.17) is 14.2 Å². The van der Waals surface area contributed by atoms with Crippen LogP contribution in [0.3, 0.4) is 0 Å². The Bertz CT molecular complexity index is 1060. The predicted molar refractivity (Wildman–Crippen MR) is 115 cm³/mol. The molecule has 0 saturated carbocycles. The van der Waals surface area contributed by atoms with Gasteiger partial charge in [0.25, 0.3) is 5.91 Å². The van der Waals surface area contributed by atoms with Crippen molar-refractivity contribution < 1.29 is 19.0 Å². The van der Waals surface area contributed by atoms with Crippen LogP contribution < -0.4 is 14.2 Å². The fourth-order valence-corrected chi connectivity index (χ4v) is 3.94. The molecule has 1 aromatic heterocycles. The van der Waals surface area contributed by atoms with Crippen LogP contribution in [0.4, 0.5) is 0 Å². The van der Waals surface area contributed by atoms with Crippen LogP contribution in [0.5, 0.6) is 17.2 Å². The number of benzene rings is 2. The summed E-state index contributed by atoms with van der Waals surface area (Å²) in [5.41, 5.74) is 3.78. The molecule has 156 valence electrons. The normalized spacial score (nSPS) is 12.1. The summed E-state index contributed by atoms with van der Waals surface area (Å²) in [5, 5.41) is 2.87. The van der Waals surface area contributed by atoms with E-state index in [2.05, 4.69) is 24.9 Å². The van der Waals surface area contributed by atoms with E-state index in [1.54, 1.807) is 34.4 Å². The lowest BCUT2D eigenvalue weighted by molar-refractivity contribution is 0.0750. The minimum atomic E-state index is -0.0583. The Hall–Kier alpha value is -3.06. The Morgan fingerprint density at radius 1 is 1.20 bits per heavy atom. The molecule has 7 heteroatoms. The smallest absolute Gasteiger partial charge is 0.254 e. The quantitative estimate of drug-likeness (QED) is 0.549. The summed E-state index contributed by atoms with van der Waals surface area (Å²) in [7, 11) is 0. The molecule has 0 N–H and O–H groups in total. The zero-order valence-electron chi connectivity index (χ0n) is 17.3. The van der Waals surface area contributed by atoms with Crippen molar-refractivity contribution in [1.29, 1.82) is 0 Å². The molecule has 1 aliphatic rings. The maximum absolute atomic E-state index is 12.9. The minimum Gasteiger partial charge on any atom is -0.486 e. The highest BCUT2D eigenvalue weighted by atomic mass is 32.1. The molecule has 0 fully saturated rings. The second kappa shape index (κ2) is 8.75. The minimum absolute atomic E-state index is 0.0583. The van der Waals surface area contributed by atoms with Gasteiger partial charge in [0.15, 0.2) is 11.5 Å². The maximum Gasteiger partial charge on any atom is 0.254 e. The number of thiazole rings is 1. The van der Waals surface area contributed by atoms with Gasteiger partial charge in [0.05, 0.1) is 12.2 Å². The van der Waals surface area contributed by atoms with Crippen molar-refractivity contribution in [1.82, 2.24) is 9.88 Å². The molecule has 0 aliphatic carbocycles. The Morgan fingerprint density at radius 2 is 2.03 bits per heavy atom. The Labute approximate surface area is 180 Å². The van der Waals surface area contributed by atoms with Gasteiger partial charge in [0.1, 0.15) is 17.4 Å². The second-order valence-corrected chi connectivity index (χ2v) is 8.05. The summed E-state index contributed by atoms with van der Waals surface area (Å²) in [6.45, 7) is 7.72. The number of fused-ring (bicyclic) bond motifs is 1. The maximum atomic E-state index is 12.9. The fourth-order valence-electron chi connectivity index (χ4n) is 3.24. The number of ether oxygens (including phenoxy) is 3. The molecule has 0 saturated heterocycles. The molecule has 2 heterocycles. The summed E-state index contributed by atoms with van der Waals surface area (Å²) in [6, 6.07) is 11.3. The Balaban J connectivity index is 1.40. The molecule has 6 nitrogen and oxygen atoms in total. The highest BCUT2D eigenvalue weighted by Gasteiger charge is 2.20. The van der Waals surface area contributed by atoms with Gasteiger partial charge in [-0.3, -0.25) is 4.79 Å². The number of aryl methyl sites for hydroxylation is 1. The van der Waals surface area contributed by atoms with Crippen molar-refractivity contribution in [2.24, 2.45) is 0 Å². The monoisotopic (exact) mass is 424 g/mol. The van der Waals surface area contributed by atoms with Crippen molar-refractivity contribution >= 4 is 17.2 Å². The molecule has 0 radical (unpaired) electrons. The number of amides is 1. The molecule has 0 atom stereocenters. The summed E-state index contributed by atoms with van der Waals surface area (Å²) < 4.78 is 16.7. The lowest BCUT2D eigenvalue weighted by atomic mass is 10.1. The number of carbonyl (C=O) groups excluding carboxylic acids is 1. The average Bonchev–Trinajstić information content (AvgIpc) is 3.41. The van der Waals surface area contributed by atoms with Crippen molar-refractivity contribution in [3.05, 3.63) is 69.2 Å². The highest BCUT2D eigenvalue weighted by molar-refractivity contribution is 7.09. The van der Waals surface area contributed by atoms with Crippen molar-refractivity contribution in [2.75, 3.05) is 13.3 Å². The highest BCUT2D eigenvalue weighted by Crippen LogP contribution is 2.33. The summed E-state index contributed by atoms with van der Waals surface area (Å²) in [5.74, 6) is 2.09. The third-order valence-electron chi connectivity index (χ3n) is 5.15. The van der Waals surface area contributed by atoms with Gasteiger partial charge in [0.2, 0.25) is 6.79 Å². The number of hydrogen-bond donors (Lipinski definition) is 0. The molecule has 0 bridgehead atoms. The SMILES string of the molecule is CCN(Cc1csc(COc2cccc(C)c2C)n1)C(=O)c1ccc2c(c1)OCO2. The van der Waals surface area contributed by atoms with E-state index in [0.717, 1.165) is 22.0 Å². The van der Waals surface area contributed by atoms with E-state index in [-0.39, 0.29) is 12.7 Å². The molecule has 0 unspecified atom stereocenters. The third kappa shape index (κ3) is 4.26. The van der Waals surface area contributed by atoms with Gasteiger partial charge in [-0.2, -0.15) is 0 Å². The fraction of sp³-hybridized carbons (Fsp3) is 0.304. The van der Waals surface area contributed by atoms with Gasteiger partial charge < -0.3 is 19.1 Å². The molecular formula is C23H24N2O4S. The van der Waals surface area contributed by atoms with Crippen molar-refractivity contribution in [2.45, 2.75) is 33.9 Å². The standard InChI is InChI=1S/C23H24N2O4S/c1-4-25(23(26)17-8-9-20-21(10-17)29-14-28-20)11-18-13-30-22(24-18)12-27-19-7-5-6-15(2)16(19)3/h5-10,13H,4,11-12,14H2,1-3H3. The number of nitrogens with zero attached hydrogens (tertiary/aromatic N) is 2. The predicted octanol–water partition coefficient (Wildman–Crippen LogP) is 4.73. The van der Waals surface area contributed by atoms with Gasteiger partial charge in [-0.15, -0.1) is 11.3 Å². The summed E-state index contributed by atoms with van der Waals surface area (Å²) in [4.78, 5) is 19.4. The van der Waals surface area contributed by atoms with Crippen LogP contribution in [-0.2, 0) is 13.2 Å². The largest absolute Gasteiger partial charge is 0.486 e. The topological polar surface area (TPSA) is 60.9 Å². The van der Waals surface area contributed by atoms with Gasteiger partial charge in [-0.1, -0.05) is 12.1 Å². The van der Waals surface area contributed by atoms with E-state index in [1.165, 1.54) is 5.56 Å².